The van der Waals surface area contributed by atoms with Crippen LogP contribution in [0.1, 0.15) is 60.3 Å². The molecule has 18 heavy (non-hydrogen) atoms. The minimum Gasteiger partial charge on any atom is -0.313 e. The first-order valence-electron chi connectivity index (χ1n) is 8.00. The van der Waals surface area contributed by atoms with Crippen molar-refractivity contribution in [3.8, 4) is 0 Å². The molecule has 0 heterocycles. The van der Waals surface area contributed by atoms with Gasteiger partial charge in [-0.3, -0.25) is 0 Å². The van der Waals surface area contributed by atoms with E-state index < -0.39 is 0 Å². The van der Waals surface area contributed by atoms with Crippen LogP contribution in [0.5, 0.6) is 0 Å². The molecule has 2 nitrogen and oxygen atoms in total. The monoisotopic (exact) mass is 254 g/mol. The van der Waals surface area contributed by atoms with Gasteiger partial charge in [0.15, 0.2) is 0 Å². The third-order valence-corrected chi connectivity index (χ3v) is 4.71. The van der Waals surface area contributed by atoms with E-state index in [1.54, 1.807) is 0 Å². The topological polar surface area (TPSA) is 15.3 Å². The molecule has 0 aliphatic heterocycles. The molecule has 0 bridgehead atoms. The van der Waals surface area contributed by atoms with Crippen LogP contribution in [0.15, 0.2) is 0 Å². The quantitative estimate of drug-likeness (QED) is 0.748. The summed E-state index contributed by atoms with van der Waals surface area (Å²) >= 11 is 0. The SMILES string of the molecule is CCCNC1C(CN(CC)CC)CCCC1(C)C. The Morgan fingerprint density at radius 1 is 1.17 bits per heavy atom. The summed E-state index contributed by atoms with van der Waals surface area (Å²) in [6, 6.07) is 0.701. The molecular formula is C16H34N2. The van der Waals surface area contributed by atoms with Gasteiger partial charge < -0.3 is 10.2 Å². The van der Waals surface area contributed by atoms with Gasteiger partial charge in [-0.05, 0) is 50.2 Å². The number of nitrogens with zero attached hydrogens (tertiary/aromatic N) is 1. The maximum atomic E-state index is 3.84. The van der Waals surface area contributed by atoms with Crippen LogP contribution in [0.4, 0.5) is 0 Å². The highest BCUT2D eigenvalue weighted by Crippen LogP contribution is 2.39. The van der Waals surface area contributed by atoms with Crippen LogP contribution in [0.3, 0.4) is 0 Å². The fourth-order valence-corrected chi connectivity index (χ4v) is 3.53. The minimum absolute atomic E-state index is 0.464. The number of hydrogen-bond acceptors (Lipinski definition) is 2. The predicted molar refractivity (Wildman–Crippen MR) is 81.0 cm³/mol. The maximum Gasteiger partial charge on any atom is 0.0159 e. The minimum atomic E-state index is 0.464. The molecule has 0 aromatic rings. The van der Waals surface area contributed by atoms with E-state index in [9.17, 15) is 0 Å². The Hall–Kier alpha value is -0.0800. The van der Waals surface area contributed by atoms with Crippen LogP contribution >= 0.6 is 0 Å². The summed E-state index contributed by atoms with van der Waals surface area (Å²) in [5.74, 6) is 0.834. The van der Waals surface area contributed by atoms with Crippen molar-refractivity contribution in [2.45, 2.75) is 66.3 Å². The van der Waals surface area contributed by atoms with E-state index in [0.717, 1.165) is 5.92 Å². The summed E-state index contributed by atoms with van der Waals surface area (Å²) in [4.78, 5) is 2.59. The number of hydrogen-bond donors (Lipinski definition) is 1. The average molecular weight is 254 g/mol. The number of rotatable bonds is 7. The summed E-state index contributed by atoms with van der Waals surface area (Å²) in [6.07, 6.45) is 5.43. The summed E-state index contributed by atoms with van der Waals surface area (Å²) in [7, 11) is 0. The van der Waals surface area contributed by atoms with Crippen molar-refractivity contribution in [3.63, 3.8) is 0 Å². The largest absolute Gasteiger partial charge is 0.313 e. The predicted octanol–water partition coefficient (Wildman–Crippen LogP) is 3.52. The summed E-state index contributed by atoms with van der Waals surface area (Å²) in [6.45, 7) is 16.6. The summed E-state index contributed by atoms with van der Waals surface area (Å²) < 4.78 is 0. The molecule has 0 saturated heterocycles. The first kappa shape index (κ1) is 16.0. The van der Waals surface area contributed by atoms with Gasteiger partial charge >= 0.3 is 0 Å². The van der Waals surface area contributed by atoms with Gasteiger partial charge in [-0.1, -0.05) is 41.0 Å². The molecule has 1 aliphatic carbocycles. The van der Waals surface area contributed by atoms with Crippen molar-refractivity contribution in [2.75, 3.05) is 26.2 Å². The van der Waals surface area contributed by atoms with Crippen molar-refractivity contribution in [3.05, 3.63) is 0 Å². The zero-order valence-electron chi connectivity index (χ0n) is 13.3. The highest BCUT2D eigenvalue weighted by atomic mass is 15.1. The Kier molecular flexibility index (Phi) is 6.65. The van der Waals surface area contributed by atoms with Crippen LogP contribution in [0.2, 0.25) is 0 Å². The Balaban J connectivity index is 2.66. The zero-order chi connectivity index (χ0) is 13.6. The van der Waals surface area contributed by atoms with Crippen molar-refractivity contribution in [1.82, 2.24) is 10.2 Å². The van der Waals surface area contributed by atoms with E-state index in [-0.39, 0.29) is 0 Å². The molecule has 1 rings (SSSR count). The normalized spacial score (nSPS) is 27.7. The number of nitrogens with one attached hydrogen (secondary N) is 1. The van der Waals surface area contributed by atoms with Crippen molar-refractivity contribution in [1.29, 1.82) is 0 Å². The second-order valence-corrected chi connectivity index (χ2v) is 6.56. The van der Waals surface area contributed by atoms with E-state index in [2.05, 4.69) is 44.8 Å². The van der Waals surface area contributed by atoms with Crippen molar-refractivity contribution >= 4 is 0 Å². The lowest BCUT2D eigenvalue weighted by Gasteiger charge is -2.46. The Bertz CT molecular complexity index is 221. The van der Waals surface area contributed by atoms with E-state index in [0.29, 0.717) is 11.5 Å². The summed E-state index contributed by atoms with van der Waals surface area (Å²) in [5.41, 5.74) is 0.464. The fourth-order valence-electron chi connectivity index (χ4n) is 3.53. The first-order chi connectivity index (χ1) is 8.55. The van der Waals surface area contributed by atoms with Gasteiger partial charge in [-0.15, -0.1) is 0 Å². The zero-order valence-corrected chi connectivity index (χ0v) is 13.3. The molecule has 1 saturated carbocycles. The Morgan fingerprint density at radius 2 is 1.83 bits per heavy atom. The molecule has 0 spiro atoms. The Morgan fingerprint density at radius 3 is 2.39 bits per heavy atom. The van der Waals surface area contributed by atoms with Gasteiger partial charge in [0.25, 0.3) is 0 Å². The lowest BCUT2D eigenvalue weighted by Crippen LogP contribution is -2.53. The molecule has 0 radical (unpaired) electrons. The van der Waals surface area contributed by atoms with Gasteiger partial charge in [0.2, 0.25) is 0 Å². The standard InChI is InChI=1S/C16H34N2/c1-6-12-17-15-14(13-18(7-2)8-3)10-9-11-16(15,4)5/h14-15,17H,6-13H2,1-5H3. The van der Waals surface area contributed by atoms with Crippen LogP contribution in [-0.4, -0.2) is 37.1 Å². The van der Waals surface area contributed by atoms with E-state index in [4.69, 9.17) is 0 Å². The molecule has 2 atom stereocenters. The molecule has 0 aromatic carbocycles. The van der Waals surface area contributed by atoms with Gasteiger partial charge in [-0.2, -0.15) is 0 Å². The second-order valence-electron chi connectivity index (χ2n) is 6.56. The van der Waals surface area contributed by atoms with Crippen LogP contribution < -0.4 is 5.32 Å². The van der Waals surface area contributed by atoms with E-state index >= 15 is 0 Å². The third-order valence-electron chi connectivity index (χ3n) is 4.71. The lowest BCUT2D eigenvalue weighted by molar-refractivity contribution is 0.0815. The second kappa shape index (κ2) is 7.49. The molecule has 0 amide bonds. The molecule has 1 aliphatic rings. The molecule has 2 unspecified atom stereocenters. The van der Waals surface area contributed by atoms with E-state index in [1.807, 2.05) is 0 Å². The van der Waals surface area contributed by atoms with Crippen LogP contribution in [-0.2, 0) is 0 Å². The van der Waals surface area contributed by atoms with Gasteiger partial charge in [0.1, 0.15) is 0 Å². The average Bonchev–Trinajstić information content (AvgIpc) is 2.34. The van der Waals surface area contributed by atoms with Gasteiger partial charge in [0, 0.05) is 12.6 Å². The van der Waals surface area contributed by atoms with Gasteiger partial charge in [-0.25, -0.2) is 0 Å². The summed E-state index contributed by atoms with van der Waals surface area (Å²) in [5, 5.41) is 3.84. The molecule has 1 N–H and O–H groups in total. The highest BCUT2D eigenvalue weighted by Gasteiger charge is 2.38. The molecule has 0 aromatic heterocycles. The van der Waals surface area contributed by atoms with Crippen LogP contribution in [0, 0.1) is 11.3 Å². The smallest absolute Gasteiger partial charge is 0.0159 e. The maximum absolute atomic E-state index is 3.84. The molecular weight excluding hydrogens is 220 g/mol. The lowest BCUT2D eigenvalue weighted by atomic mass is 9.67. The molecule has 1 fully saturated rings. The van der Waals surface area contributed by atoms with Crippen molar-refractivity contribution < 1.29 is 0 Å². The fraction of sp³-hybridized carbons (Fsp3) is 1.00. The van der Waals surface area contributed by atoms with E-state index in [1.165, 1.54) is 51.9 Å². The van der Waals surface area contributed by atoms with Gasteiger partial charge in [0.05, 0.1) is 0 Å². The van der Waals surface area contributed by atoms with Crippen LogP contribution in [0.25, 0.3) is 0 Å². The third kappa shape index (κ3) is 4.24. The molecule has 2 heteroatoms. The van der Waals surface area contributed by atoms with Crippen molar-refractivity contribution in [2.24, 2.45) is 11.3 Å². The first-order valence-corrected chi connectivity index (χ1v) is 8.00. The Labute approximate surface area is 115 Å². The highest BCUT2D eigenvalue weighted by molar-refractivity contribution is 4.94. The molecule has 108 valence electrons.